The molecule has 3 aromatic rings. The summed E-state index contributed by atoms with van der Waals surface area (Å²) in [6.07, 6.45) is 0. The number of carbonyl (C=O) groups is 1. The van der Waals surface area contributed by atoms with Crippen LogP contribution >= 0.6 is 34.3 Å². The topological polar surface area (TPSA) is 60.5 Å². The Morgan fingerprint density at radius 1 is 1.26 bits per heavy atom. The number of thiophene rings is 1. The normalized spacial score (nSPS) is 12.4. The summed E-state index contributed by atoms with van der Waals surface area (Å²) in [4.78, 5) is 17.8. The van der Waals surface area contributed by atoms with E-state index in [9.17, 15) is 4.79 Å². The lowest BCUT2D eigenvalue weighted by Crippen LogP contribution is -2.12. The summed E-state index contributed by atoms with van der Waals surface area (Å²) in [5, 5.41) is 5.19. The maximum atomic E-state index is 12.4. The predicted molar refractivity (Wildman–Crippen MR) is 91.0 cm³/mol. The number of rotatable bonds is 3. The first-order valence-electron chi connectivity index (χ1n) is 6.62. The number of thiazole rings is 1. The molecule has 0 atom stereocenters. The highest BCUT2D eigenvalue weighted by molar-refractivity contribution is 7.20. The van der Waals surface area contributed by atoms with Crippen LogP contribution in [0.2, 0.25) is 4.34 Å². The van der Waals surface area contributed by atoms with Crippen LogP contribution in [0.15, 0.2) is 35.7 Å². The molecule has 0 bridgehead atoms. The molecule has 0 saturated carbocycles. The van der Waals surface area contributed by atoms with Gasteiger partial charge in [-0.1, -0.05) is 17.7 Å². The quantitative estimate of drug-likeness (QED) is 0.743. The first kappa shape index (κ1) is 14.5. The molecule has 1 aliphatic heterocycles. The molecule has 116 valence electrons. The number of amides is 1. The fourth-order valence-electron chi connectivity index (χ4n) is 2.17. The summed E-state index contributed by atoms with van der Waals surface area (Å²) >= 11 is 8.74. The Morgan fingerprint density at radius 2 is 2.17 bits per heavy atom. The van der Waals surface area contributed by atoms with E-state index >= 15 is 0 Å². The molecule has 1 amide bonds. The van der Waals surface area contributed by atoms with Crippen LogP contribution in [0.25, 0.3) is 10.6 Å². The minimum absolute atomic E-state index is 0.125. The highest BCUT2D eigenvalue weighted by Gasteiger charge is 2.22. The van der Waals surface area contributed by atoms with E-state index in [-0.39, 0.29) is 12.7 Å². The summed E-state index contributed by atoms with van der Waals surface area (Å²) in [5.74, 6) is 0.759. The molecule has 0 radical (unpaired) electrons. The monoisotopic (exact) mass is 364 g/mol. The zero-order chi connectivity index (χ0) is 15.8. The van der Waals surface area contributed by atoms with Gasteiger partial charge in [0.2, 0.25) is 6.79 Å². The maximum absolute atomic E-state index is 12.4. The minimum atomic E-state index is -0.280. The van der Waals surface area contributed by atoms with Gasteiger partial charge in [0.05, 0.1) is 20.5 Å². The second-order valence-corrected chi connectivity index (χ2v) is 7.21. The van der Waals surface area contributed by atoms with Crippen LogP contribution in [0.1, 0.15) is 10.4 Å². The van der Waals surface area contributed by atoms with Crippen molar-refractivity contribution in [3.8, 4) is 22.1 Å². The van der Waals surface area contributed by atoms with Gasteiger partial charge in [0.15, 0.2) is 16.6 Å². The zero-order valence-electron chi connectivity index (χ0n) is 11.5. The average Bonchev–Trinajstić information content (AvgIpc) is 3.26. The number of benzene rings is 1. The lowest BCUT2D eigenvalue weighted by molar-refractivity contribution is 0.102. The number of carbonyl (C=O) groups excluding carboxylic acids is 1. The number of hydrogen-bond acceptors (Lipinski definition) is 6. The van der Waals surface area contributed by atoms with Crippen LogP contribution in [0.4, 0.5) is 5.13 Å². The smallest absolute Gasteiger partial charge is 0.261 e. The molecule has 3 heterocycles. The number of nitrogens with zero attached hydrogens (tertiary/aromatic N) is 1. The van der Waals surface area contributed by atoms with Gasteiger partial charge in [0.25, 0.3) is 5.91 Å². The van der Waals surface area contributed by atoms with Gasteiger partial charge in [-0.3, -0.25) is 10.1 Å². The molecule has 0 aliphatic carbocycles. The van der Waals surface area contributed by atoms with Crippen molar-refractivity contribution in [1.82, 2.24) is 4.98 Å². The van der Waals surface area contributed by atoms with E-state index in [1.165, 1.54) is 22.7 Å². The minimum Gasteiger partial charge on any atom is -0.454 e. The third-order valence-electron chi connectivity index (χ3n) is 3.19. The number of para-hydroxylation sites is 1. The molecule has 1 aromatic carbocycles. The number of fused-ring (bicyclic) bond motifs is 1. The Morgan fingerprint density at radius 3 is 3.00 bits per heavy atom. The molecular weight excluding hydrogens is 356 g/mol. The molecule has 0 spiro atoms. The molecule has 5 nitrogen and oxygen atoms in total. The highest BCUT2D eigenvalue weighted by atomic mass is 35.5. The average molecular weight is 365 g/mol. The fraction of sp³-hybridized carbons (Fsp3) is 0.0667. The standard InChI is InChI=1S/C15H9ClN2O3S2/c16-12-5-4-11(23-12)9-6-22-15(17-9)18-14(19)8-2-1-3-10-13(8)21-7-20-10/h1-6H,7H2,(H,17,18,19). The van der Waals surface area contributed by atoms with Crippen molar-refractivity contribution in [3.63, 3.8) is 0 Å². The molecule has 0 saturated heterocycles. The molecule has 8 heteroatoms. The Labute approximate surface area is 144 Å². The van der Waals surface area contributed by atoms with Crippen molar-refractivity contribution in [2.75, 3.05) is 12.1 Å². The van der Waals surface area contributed by atoms with Crippen LogP contribution in [-0.4, -0.2) is 17.7 Å². The number of halogens is 1. The van der Waals surface area contributed by atoms with Crippen molar-refractivity contribution < 1.29 is 14.3 Å². The van der Waals surface area contributed by atoms with E-state index in [1.807, 2.05) is 17.5 Å². The van der Waals surface area contributed by atoms with Gasteiger partial charge >= 0.3 is 0 Å². The second kappa shape index (κ2) is 5.84. The third kappa shape index (κ3) is 2.78. The number of aromatic nitrogens is 1. The molecular formula is C15H9ClN2O3S2. The number of ether oxygens (including phenoxy) is 2. The van der Waals surface area contributed by atoms with Crippen LogP contribution in [0, 0.1) is 0 Å². The lowest BCUT2D eigenvalue weighted by Gasteiger charge is -2.05. The SMILES string of the molecule is O=C(Nc1nc(-c2ccc(Cl)s2)cs1)c1cccc2c1OCO2. The molecule has 1 N–H and O–H groups in total. The van der Waals surface area contributed by atoms with E-state index in [0.717, 1.165) is 10.6 Å². The summed E-state index contributed by atoms with van der Waals surface area (Å²) < 4.78 is 11.3. The van der Waals surface area contributed by atoms with Crippen molar-refractivity contribution >= 4 is 45.3 Å². The zero-order valence-corrected chi connectivity index (χ0v) is 13.9. The van der Waals surface area contributed by atoms with Crippen molar-refractivity contribution in [2.24, 2.45) is 0 Å². The van der Waals surface area contributed by atoms with E-state index in [4.69, 9.17) is 21.1 Å². The maximum Gasteiger partial charge on any atom is 0.261 e. The highest BCUT2D eigenvalue weighted by Crippen LogP contribution is 2.36. The molecule has 23 heavy (non-hydrogen) atoms. The van der Waals surface area contributed by atoms with Gasteiger partial charge in [-0.2, -0.15) is 0 Å². The third-order valence-corrected chi connectivity index (χ3v) is 5.20. The molecule has 0 unspecified atom stereocenters. The van der Waals surface area contributed by atoms with E-state index in [0.29, 0.717) is 26.5 Å². The largest absolute Gasteiger partial charge is 0.454 e. The van der Waals surface area contributed by atoms with Gasteiger partial charge in [0, 0.05) is 5.38 Å². The first-order chi connectivity index (χ1) is 11.2. The Bertz CT molecular complexity index is 890. The summed E-state index contributed by atoms with van der Waals surface area (Å²) in [6, 6.07) is 8.94. The summed E-state index contributed by atoms with van der Waals surface area (Å²) in [5.41, 5.74) is 1.22. The van der Waals surface area contributed by atoms with Gasteiger partial charge in [0.1, 0.15) is 0 Å². The van der Waals surface area contributed by atoms with Crippen molar-refractivity contribution in [3.05, 3.63) is 45.6 Å². The lowest BCUT2D eigenvalue weighted by atomic mass is 10.2. The van der Waals surface area contributed by atoms with E-state index in [2.05, 4.69) is 10.3 Å². The van der Waals surface area contributed by atoms with Crippen LogP contribution in [0.3, 0.4) is 0 Å². The fourth-order valence-corrected chi connectivity index (χ4v) is 3.95. The molecule has 0 fully saturated rings. The van der Waals surface area contributed by atoms with Crippen LogP contribution in [0.5, 0.6) is 11.5 Å². The number of anilines is 1. The van der Waals surface area contributed by atoms with Gasteiger partial charge in [-0.25, -0.2) is 4.98 Å². The molecule has 4 rings (SSSR count). The van der Waals surface area contributed by atoms with Gasteiger partial charge in [-0.15, -0.1) is 22.7 Å². The van der Waals surface area contributed by atoms with Crippen LogP contribution < -0.4 is 14.8 Å². The second-order valence-electron chi connectivity index (χ2n) is 4.64. The Hall–Kier alpha value is -2.09. The number of nitrogens with one attached hydrogen (secondary N) is 1. The van der Waals surface area contributed by atoms with E-state index in [1.54, 1.807) is 18.2 Å². The first-order valence-corrected chi connectivity index (χ1v) is 8.69. The Kier molecular flexibility index (Phi) is 3.68. The van der Waals surface area contributed by atoms with Gasteiger partial charge in [-0.05, 0) is 24.3 Å². The molecule has 2 aromatic heterocycles. The van der Waals surface area contributed by atoms with E-state index < -0.39 is 0 Å². The Balaban J connectivity index is 1.56. The van der Waals surface area contributed by atoms with Crippen molar-refractivity contribution in [1.29, 1.82) is 0 Å². The predicted octanol–water partition coefficient (Wildman–Crippen LogP) is 4.51. The summed E-state index contributed by atoms with van der Waals surface area (Å²) in [6.45, 7) is 0.125. The molecule has 1 aliphatic rings. The van der Waals surface area contributed by atoms with Gasteiger partial charge < -0.3 is 9.47 Å². The summed E-state index contributed by atoms with van der Waals surface area (Å²) in [7, 11) is 0. The van der Waals surface area contributed by atoms with Crippen molar-refractivity contribution in [2.45, 2.75) is 0 Å². The number of hydrogen-bond donors (Lipinski definition) is 1. The van der Waals surface area contributed by atoms with Crippen LogP contribution in [-0.2, 0) is 0 Å².